The summed E-state index contributed by atoms with van der Waals surface area (Å²) >= 11 is 5.46. The maximum absolute atomic E-state index is 13.6. The van der Waals surface area contributed by atoms with Gasteiger partial charge in [0.25, 0.3) is 0 Å². The summed E-state index contributed by atoms with van der Waals surface area (Å²) in [6, 6.07) is 2.37. The number of benzene rings is 1. The van der Waals surface area contributed by atoms with Crippen LogP contribution in [0.1, 0.15) is 31.2 Å². The SMILES string of the molecule is OC1(c2ccc(F)c(Cl)c2F)CCCC1. The summed E-state index contributed by atoms with van der Waals surface area (Å²) in [6.07, 6.45) is 2.72. The van der Waals surface area contributed by atoms with Crippen LogP contribution in [-0.4, -0.2) is 5.11 Å². The third kappa shape index (κ3) is 1.74. The third-order valence-electron chi connectivity index (χ3n) is 2.97. The molecule has 1 N–H and O–H groups in total. The molecule has 0 bridgehead atoms. The van der Waals surface area contributed by atoms with Crippen molar-refractivity contribution in [2.24, 2.45) is 0 Å². The molecule has 0 aromatic heterocycles. The summed E-state index contributed by atoms with van der Waals surface area (Å²) in [5.74, 6) is -1.62. The summed E-state index contributed by atoms with van der Waals surface area (Å²) in [6.45, 7) is 0. The molecule has 0 aliphatic heterocycles. The molecule has 0 unspecified atom stereocenters. The van der Waals surface area contributed by atoms with Crippen LogP contribution in [0.15, 0.2) is 12.1 Å². The summed E-state index contributed by atoms with van der Waals surface area (Å²) < 4.78 is 26.5. The van der Waals surface area contributed by atoms with Gasteiger partial charge in [0.15, 0.2) is 5.82 Å². The van der Waals surface area contributed by atoms with Crippen LogP contribution < -0.4 is 0 Å². The van der Waals surface area contributed by atoms with E-state index in [1.165, 1.54) is 6.07 Å². The number of rotatable bonds is 1. The predicted molar refractivity (Wildman–Crippen MR) is 53.7 cm³/mol. The lowest BCUT2D eigenvalue weighted by atomic mass is 9.92. The first-order valence-corrected chi connectivity index (χ1v) is 5.29. The quantitative estimate of drug-likeness (QED) is 0.736. The van der Waals surface area contributed by atoms with Gasteiger partial charge in [-0.05, 0) is 18.9 Å². The third-order valence-corrected chi connectivity index (χ3v) is 3.31. The molecule has 2 rings (SSSR count). The number of hydrogen-bond donors (Lipinski definition) is 1. The van der Waals surface area contributed by atoms with Crippen LogP contribution >= 0.6 is 11.6 Å². The molecule has 0 radical (unpaired) electrons. The molecule has 1 aliphatic rings. The highest BCUT2D eigenvalue weighted by Gasteiger charge is 2.36. The molecule has 82 valence electrons. The highest BCUT2D eigenvalue weighted by Crippen LogP contribution is 2.41. The summed E-state index contributed by atoms with van der Waals surface area (Å²) in [5.41, 5.74) is -1.05. The van der Waals surface area contributed by atoms with Crippen molar-refractivity contribution in [2.45, 2.75) is 31.3 Å². The van der Waals surface area contributed by atoms with E-state index < -0.39 is 22.3 Å². The maximum Gasteiger partial charge on any atom is 0.150 e. The Morgan fingerprint density at radius 1 is 1.20 bits per heavy atom. The normalized spacial score (nSPS) is 19.5. The van der Waals surface area contributed by atoms with Gasteiger partial charge >= 0.3 is 0 Å². The van der Waals surface area contributed by atoms with E-state index in [1.54, 1.807) is 0 Å². The Morgan fingerprint density at radius 3 is 2.40 bits per heavy atom. The fraction of sp³-hybridized carbons (Fsp3) is 0.455. The molecule has 0 saturated heterocycles. The zero-order valence-corrected chi connectivity index (χ0v) is 8.82. The van der Waals surface area contributed by atoms with Crippen molar-refractivity contribution < 1.29 is 13.9 Å². The second-order valence-corrected chi connectivity index (χ2v) is 4.34. The van der Waals surface area contributed by atoms with Crippen LogP contribution in [0, 0.1) is 11.6 Å². The van der Waals surface area contributed by atoms with Crippen LogP contribution in [0.25, 0.3) is 0 Å². The van der Waals surface area contributed by atoms with Gasteiger partial charge in [0, 0.05) is 5.56 Å². The molecule has 4 heteroatoms. The second-order valence-electron chi connectivity index (χ2n) is 3.96. The lowest BCUT2D eigenvalue weighted by Gasteiger charge is -2.23. The Labute approximate surface area is 91.7 Å². The predicted octanol–water partition coefficient (Wildman–Crippen LogP) is 3.38. The van der Waals surface area contributed by atoms with Crippen LogP contribution in [-0.2, 0) is 5.60 Å². The minimum Gasteiger partial charge on any atom is -0.385 e. The Hall–Kier alpha value is -0.670. The monoisotopic (exact) mass is 232 g/mol. The number of halogens is 3. The molecule has 15 heavy (non-hydrogen) atoms. The molecule has 1 saturated carbocycles. The van der Waals surface area contributed by atoms with E-state index in [0.717, 1.165) is 18.9 Å². The number of aliphatic hydroxyl groups is 1. The Morgan fingerprint density at radius 2 is 1.80 bits per heavy atom. The van der Waals surface area contributed by atoms with Crippen LogP contribution in [0.5, 0.6) is 0 Å². The molecular weight excluding hydrogens is 222 g/mol. The molecule has 1 nitrogen and oxygen atoms in total. The first-order chi connectivity index (χ1) is 7.04. The van der Waals surface area contributed by atoms with Gasteiger partial charge in [0.05, 0.1) is 5.60 Å². The molecule has 0 atom stereocenters. The molecular formula is C11H11ClF2O. The van der Waals surface area contributed by atoms with Crippen LogP contribution in [0.3, 0.4) is 0 Å². The van der Waals surface area contributed by atoms with Gasteiger partial charge in [-0.2, -0.15) is 0 Å². The minimum atomic E-state index is -1.17. The molecule has 1 aliphatic carbocycles. The standard InChI is InChI=1S/C11H11ClF2O/c12-9-8(13)4-3-7(10(9)14)11(15)5-1-2-6-11/h3-4,15H,1-2,5-6H2. The minimum absolute atomic E-state index is 0.117. The van der Waals surface area contributed by atoms with E-state index in [-0.39, 0.29) is 5.56 Å². The maximum atomic E-state index is 13.6. The van der Waals surface area contributed by atoms with Gasteiger partial charge in [-0.25, -0.2) is 8.78 Å². The lowest BCUT2D eigenvalue weighted by molar-refractivity contribution is 0.0407. The van der Waals surface area contributed by atoms with Crippen molar-refractivity contribution in [3.63, 3.8) is 0 Å². The van der Waals surface area contributed by atoms with Gasteiger partial charge in [0.2, 0.25) is 0 Å². The molecule has 0 heterocycles. The molecule has 1 fully saturated rings. The largest absolute Gasteiger partial charge is 0.385 e. The van der Waals surface area contributed by atoms with E-state index in [1.807, 2.05) is 0 Å². The Balaban J connectivity index is 2.49. The van der Waals surface area contributed by atoms with E-state index in [4.69, 9.17) is 11.6 Å². The first-order valence-electron chi connectivity index (χ1n) is 4.91. The fourth-order valence-electron chi connectivity index (χ4n) is 2.11. The van der Waals surface area contributed by atoms with Crippen molar-refractivity contribution in [1.82, 2.24) is 0 Å². The van der Waals surface area contributed by atoms with E-state index in [2.05, 4.69) is 0 Å². The number of hydrogen-bond acceptors (Lipinski definition) is 1. The van der Waals surface area contributed by atoms with Crippen molar-refractivity contribution in [1.29, 1.82) is 0 Å². The van der Waals surface area contributed by atoms with Crippen molar-refractivity contribution >= 4 is 11.6 Å². The molecule has 0 amide bonds. The van der Waals surface area contributed by atoms with Crippen LogP contribution in [0.4, 0.5) is 8.78 Å². The lowest BCUT2D eigenvalue weighted by Crippen LogP contribution is -2.22. The van der Waals surface area contributed by atoms with E-state index in [0.29, 0.717) is 12.8 Å². The highest BCUT2D eigenvalue weighted by atomic mass is 35.5. The first kappa shape index (κ1) is 10.8. The van der Waals surface area contributed by atoms with Gasteiger partial charge in [-0.15, -0.1) is 0 Å². The van der Waals surface area contributed by atoms with E-state index in [9.17, 15) is 13.9 Å². The zero-order valence-electron chi connectivity index (χ0n) is 8.06. The molecule has 1 aromatic carbocycles. The topological polar surface area (TPSA) is 20.2 Å². The molecule has 1 aromatic rings. The fourth-order valence-corrected chi connectivity index (χ4v) is 2.28. The van der Waals surface area contributed by atoms with Gasteiger partial charge in [-0.3, -0.25) is 0 Å². The van der Waals surface area contributed by atoms with Crippen molar-refractivity contribution in [3.05, 3.63) is 34.4 Å². The summed E-state index contributed by atoms with van der Waals surface area (Å²) in [7, 11) is 0. The van der Waals surface area contributed by atoms with Crippen LogP contribution in [0.2, 0.25) is 5.02 Å². The van der Waals surface area contributed by atoms with Crippen molar-refractivity contribution in [3.8, 4) is 0 Å². The molecule has 0 spiro atoms. The summed E-state index contributed by atoms with van der Waals surface area (Å²) in [4.78, 5) is 0. The zero-order chi connectivity index (χ0) is 11.1. The Bertz CT molecular complexity index is 386. The van der Waals surface area contributed by atoms with Gasteiger partial charge in [-0.1, -0.05) is 30.5 Å². The second kappa shape index (κ2) is 3.72. The van der Waals surface area contributed by atoms with Crippen molar-refractivity contribution in [2.75, 3.05) is 0 Å². The summed E-state index contributed by atoms with van der Waals surface area (Å²) in [5, 5.41) is 9.60. The smallest absolute Gasteiger partial charge is 0.150 e. The Kier molecular flexibility index (Phi) is 2.69. The average molecular weight is 233 g/mol. The average Bonchev–Trinajstić information content (AvgIpc) is 2.62. The van der Waals surface area contributed by atoms with Gasteiger partial charge < -0.3 is 5.11 Å². The van der Waals surface area contributed by atoms with E-state index >= 15 is 0 Å². The highest BCUT2D eigenvalue weighted by molar-refractivity contribution is 6.30. The van der Waals surface area contributed by atoms with Gasteiger partial charge in [0.1, 0.15) is 10.8 Å².